The second-order valence-corrected chi connectivity index (χ2v) is 5.52. The molecular formula is C14H18ClFN2O. The summed E-state index contributed by atoms with van der Waals surface area (Å²) in [6, 6.07) is 4.16. The number of amides is 1. The van der Waals surface area contributed by atoms with Gasteiger partial charge >= 0.3 is 0 Å². The summed E-state index contributed by atoms with van der Waals surface area (Å²) < 4.78 is 13.8. The molecule has 0 bridgehead atoms. The Bertz CT molecular complexity index is 481. The minimum Gasteiger partial charge on any atom is -0.335 e. The minimum absolute atomic E-state index is 0.0592. The summed E-state index contributed by atoms with van der Waals surface area (Å²) in [5.41, 5.74) is 0.0592. The molecular weight excluding hydrogens is 267 g/mol. The van der Waals surface area contributed by atoms with Crippen LogP contribution in [0.15, 0.2) is 18.2 Å². The van der Waals surface area contributed by atoms with Crippen LogP contribution in [0.2, 0.25) is 5.02 Å². The van der Waals surface area contributed by atoms with Crippen LogP contribution in [-0.2, 0) is 0 Å². The first kappa shape index (κ1) is 14.3. The third kappa shape index (κ3) is 3.25. The SMILES string of the molecule is CC1CN(C)CCCN1C(=O)c1cc(Cl)ccc1F. The number of hydrogen-bond acceptors (Lipinski definition) is 2. The van der Waals surface area contributed by atoms with Gasteiger partial charge in [0.15, 0.2) is 0 Å². The molecule has 1 heterocycles. The molecule has 2 rings (SSSR count). The lowest BCUT2D eigenvalue weighted by molar-refractivity contribution is 0.0692. The third-order valence-corrected chi connectivity index (χ3v) is 3.70. The molecule has 1 saturated heterocycles. The van der Waals surface area contributed by atoms with Gasteiger partial charge in [-0.1, -0.05) is 11.6 Å². The number of carbonyl (C=O) groups is 1. The van der Waals surface area contributed by atoms with Crippen molar-refractivity contribution in [2.45, 2.75) is 19.4 Å². The van der Waals surface area contributed by atoms with Crippen LogP contribution in [0, 0.1) is 5.82 Å². The lowest BCUT2D eigenvalue weighted by Gasteiger charge is -2.28. The predicted octanol–water partition coefficient (Wildman–Crippen LogP) is 2.65. The van der Waals surface area contributed by atoms with Gasteiger partial charge in [-0.2, -0.15) is 0 Å². The molecule has 1 aromatic rings. The van der Waals surface area contributed by atoms with Crippen molar-refractivity contribution in [2.75, 3.05) is 26.7 Å². The topological polar surface area (TPSA) is 23.6 Å². The summed E-state index contributed by atoms with van der Waals surface area (Å²) >= 11 is 5.85. The van der Waals surface area contributed by atoms with Crippen LogP contribution in [0.1, 0.15) is 23.7 Å². The van der Waals surface area contributed by atoms with E-state index in [4.69, 9.17) is 11.6 Å². The first-order chi connectivity index (χ1) is 8.99. The molecule has 1 aliphatic rings. The number of rotatable bonds is 1. The van der Waals surface area contributed by atoms with Crippen LogP contribution < -0.4 is 0 Å². The van der Waals surface area contributed by atoms with Crippen LogP contribution in [-0.4, -0.2) is 48.4 Å². The van der Waals surface area contributed by atoms with Gasteiger partial charge in [-0.25, -0.2) is 4.39 Å². The normalized spacial score (nSPS) is 21.3. The molecule has 104 valence electrons. The summed E-state index contributed by atoms with van der Waals surface area (Å²) in [5.74, 6) is -0.790. The zero-order chi connectivity index (χ0) is 14.0. The average molecular weight is 285 g/mol. The van der Waals surface area contributed by atoms with Gasteiger partial charge in [0.1, 0.15) is 5.82 Å². The standard InChI is InChI=1S/C14H18ClFN2O/c1-10-9-17(2)6-3-7-18(10)14(19)12-8-11(15)4-5-13(12)16/h4-5,8,10H,3,6-7,9H2,1-2H3. The molecule has 1 aromatic carbocycles. The fourth-order valence-electron chi connectivity index (χ4n) is 2.49. The first-order valence-electron chi connectivity index (χ1n) is 6.43. The lowest BCUT2D eigenvalue weighted by atomic mass is 10.1. The van der Waals surface area contributed by atoms with Crippen molar-refractivity contribution >= 4 is 17.5 Å². The van der Waals surface area contributed by atoms with Crippen molar-refractivity contribution in [1.29, 1.82) is 0 Å². The number of halogens is 2. The van der Waals surface area contributed by atoms with Gasteiger partial charge in [0, 0.05) is 24.2 Å². The Balaban J connectivity index is 2.25. The van der Waals surface area contributed by atoms with Gasteiger partial charge in [0.2, 0.25) is 0 Å². The maximum atomic E-state index is 13.8. The average Bonchev–Trinajstić information content (AvgIpc) is 2.52. The van der Waals surface area contributed by atoms with Crippen molar-refractivity contribution in [1.82, 2.24) is 9.80 Å². The summed E-state index contributed by atoms with van der Waals surface area (Å²) in [6.07, 6.45) is 0.898. The van der Waals surface area contributed by atoms with E-state index in [1.165, 1.54) is 18.2 Å². The molecule has 1 amide bonds. The van der Waals surface area contributed by atoms with E-state index in [2.05, 4.69) is 4.90 Å². The second kappa shape index (κ2) is 5.88. The Kier molecular flexibility index (Phi) is 4.42. The van der Waals surface area contributed by atoms with Crippen molar-refractivity contribution < 1.29 is 9.18 Å². The fourth-order valence-corrected chi connectivity index (χ4v) is 2.66. The zero-order valence-electron chi connectivity index (χ0n) is 11.2. The van der Waals surface area contributed by atoms with Gasteiger partial charge in [-0.05, 0) is 45.1 Å². The summed E-state index contributed by atoms with van der Waals surface area (Å²) in [4.78, 5) is 16.4. The lowest BCUT2D eigenvalue weighted by Crippen LogP contribution is -2.42. The number of likely N-dealkylation sites (N-methyl/N-ethyl adjacent to an activating group) is 1. The first-order valence-corrected chi connectivity index (χ1v) is 6.81. The van der Waals surface area contributed by atoms with Crippen LogP contribution in [0.3, 0.4) is 0 Å². The highest BCUT2D eigenvalue weighted by Crippen LogP contribution is 2.19. The van der Waals surface area contributed by atoms with Crippen molar-refractivity contribution in [3.63, 3.8) is 0 Å². The molecule has 1 unspecified atom stereocenters. The molecule has 0 radical (unpaired) electrons. The summed E-state index contributed by atoms with van der Waals surface area (Å²) in [6.45, 7) is 4.39. The molecule has 0 N–H and O–H groups in total. The van der Waals surface area contributed by atoms with Crippen LogP contribution in [0.4, 0.5) is 4.39 Å². The molecule has 1 fully saturated rings. The number of hydrogen-bond donors (Lipinski definition) is 0. The number of carbonyl (C=O) groups excluding carboxylic acids is 1. The highest BCUT2D eigenvalue weighted by molar-refractivity contribution is 6.31. The van der Waals surface area contributed by atoms with E-state index in [1.807, 2.05) is 14.0 Å². The van der Waals surface area contributed by atoms with E-state index >= 15 is 0 Å². The van der Waals surface area contributed by atoms with Crippen molar-refractivity contribution in [3.8, 4) is 0 Å². The summed E-state index contributed by atoms with van der Waals surface area (Å²) in [7, 11) is 2.03. The van der Waals surface area contributed by atoms with Crippen LogP contribution in [0.5, 0.6) is 0 Å². The Labute approximate surface area is 117 Å². The minimum atomic E-state index is -0.515. The smallest absolute Gasteiger partial charge is 0.257 e. The third-order valence-electron chi connectivity index (χ3n) is 3.47. The Morgan fingerprint density at radius 1 is 1.42 bits per heavy atom. The van der Waals surface area contributed by atoms with Crippen molar-refractivity contribution in [2.24, 2.45) is 0 Å². The molecule has 0 aromatic heterocycles. The molecule has 3 nitrogen and oxygen atoms in total. The molecule has 0 aliphatic carbocycles. The quantitative estimate of drug-likeness (QED) is 0.791. The van der Waals surface area contributed by atoms with E-state index < -0.39 is 5.82 Å². The number of nitrogens with zero attached hydrogens (tertiary/aromatic N) is 2. The van der Waals surface area contributed by atoms with Crippen molar-refractivity contribution in [3.05, 3.63) is 34.6 Å². The number of benzene rings is 1. The molecule has 5 heteroatoms. The van der Waals surface area contributed by atoms with Gasteiger partial charge in [-0.15, -0.1) is 0 Å². The van der Waals surface area contributed by atoms with Gasteiger partial charge in [0.25, 0.3) is 5.91 Å². The van der Waals surface area contributed by atoms with Gasteiger partial charge in [-0.3, -0.25) is 4.79 Å². The van der Waals surface area contributed by atoms with E-state index in [1.54, 1.807) is 4.90 Å². The summed E-state index contributed by atoms with van der Waals surface area (Å²) in [5, 5.41) is 0.379. The van der Waals surface area contributed by atoms with Gasteiger partial charge in [0.05, 0.1) is 5.56 Å². The molecule has 0 saturated carbocycles. The molecule has 1 atom stereocenters. The van der Waals surface area contributed by atoms with E-state index in [9.17, 15) is 9.18 Å². The highest BCUT2D eigenvalue weighted by atomic mass is 35.5. The molecule has 0 spiro atoms. The largest absolute Gasteiger partial charge is 0.335 e. The fraction of sp³-hybridized carbons (Fsp3) is 0.500. The van der Waals surface area contributed by atoms with Crippen LogP contribution >= 0.6 is 11.6 Å². The zero-order valence-corrected chi connectivity index (χ0v) is 12.0. The monoisotopic (exact) mass is 284 g/mol. The maximum absolute atomic E-state index is 13.8. The second-order valence-electron chi connectivity index (χ2n) is 5.09. The molecule has 1 aliphatic heterocycles. The Morgan fingerprint density at radius 3 is 2.89 bits per heavy atom. The highest BCUT2D eigenvalue weighted by Gasteiger charge is 2.26. The van der Waals surface area contributed by atoms with E-state index in [0.717, 1.165) is 19.5 Å². The van der Waals surface area contributed by atoms with Crippen LogP contribution in [0.25, 0.3) is 0 Å². The van der Waals surface area contributed by atoms with E-state index in [0.29, 0.717) is 11.6 Å². The van der Waals surface area contributed by atoms with E-state index in [-0.39, 0.29) is 17.5 Å². The Morgan fingerprint density at radius 2 is 2.16 bits per heavy atom. The van der Waals surface area contributed by atoms with Gasteiger partial charge < -0.3 is 9.80 Å². The predicted molar refractivity (Wildman–Crippen MR) is 74.0 cm³/mol. The molecule has 19 heavy (non-hydrogen) atoms. The maximum Gasteiger partial charge on any atom is 0.257 e. The Hall–Kier alpha value is -1.13.